The lowest BCUT2D eigenvalue weighted by Crippen LogP contribution is -2.42. The van der Waals surface area contributed by atoms with Gasteiger partial charge in [0.2, 0.25) is 5.91 Å². The molecule has 0 spiro atoms. The molecule has 1 fully saturated rings. The van der Waals surface area contributed by atoms with Gasteiger partial charge in [0.15, 0.2) is 0 Å². The second-order valence-electron chi connectivity index (χ2n) is 3.54. The summed E-state index contributed by atoms with van der Waals surface area (Å²) in [6.45, 7) is 1.36. The Morgan fingerprint density at radius 1 is 1.67 bits per heavy atom. The highest BCUT2D eigenvalue weighted by Crippen LogP contribution is 2.22. The zero-order valence-electron chi connectivity index (χ0n) is 9.08. The minimum atomic E-state index is 0.247. The quantitative estimate of drug-likeness (QED) is 0.699. The summed E-state index contributed by atoms with van der Waals surface area (Å²) in [6, 6.07) is 0.427. The van der Waals surface area contributed by atoms with Gasteiger partial charge in [0.25, 0.3) is 0 Å². The van der Waals surface area contributed by atoms with Crippen molar-refractivity contribution in [1.82, 2.24) is 4.90 Å². The van der Waals surface area contributed by atoms with Crippen LogP contribution in [-0.4, -0.2) is 53.9 Å². The molecule has 0 saturated carbocycles. The first kappa shape index (κ1) is 13.3. The number of hydrogen-bond acceptors (Lipinski definition) is 3. The van der Waals surface area contributed by atoms with E-state index in [-0.39, 0.29) is 5.91 Å². The zero-order valence-corrected chi connectivity index (χ0v) is 11.5. The summed E-state index contributed by atoms with van der Waals surface area (Å²) in [6.07, 6.45) is 1.72. The van der Waals surface area contributed by atoms with Gasteiger partial charge >= 0.3 is 0 Å². The molecule has 1 aliphatic rings. The molecule has 1 rings (SSSR count). The molecule has 1 heterocycles. The van der Waals surface area contributed by atoms with Crippen LogP contribution in [0.15, 0.2) is 0 Å². The first-order valence-electron chi connectivity index (χ1n) is 5.21. The van der Waals surface area contributed by atoms with E-state index < -0.39 is 0 Å². The first-order chi connectivity index (χ1) is 7.29. The molecule has 0 radical (unpaired) electrons. The monoisotopic (exact) mass is 295 g/mol. The summed E-state index contributed by atoms with van der Waals surface area (Å²) in [7, 11) is 1.68. The number of halogens is 1. The highest BCUT2D eigenvalue weighted by molar-refractivity contribution is 9.09. The van der Waals surface area contributed by atoms with Crippen molar-refractivity contribution in [3.05, 3.63) is 0 Å². The van der Waals surface area contributed by atoms with E-state index in [2.05, 4.69) is 15.9 Å². The smallest absolute Gasteiger partial charge is 0.223 e. The van der Waals surface area contributed by atoms with Gasteiger partial charge in [0.05, 0.1) is 6.61 Å². The third-order valence-corrected chi connectivity index (χ3v) is 4.05. The lowest BCUT2D eigenvalue weighted by atomic mass is 10.2. The maximum atomic E-state index is 11.9. The predicted octanol–water partition coefficient (Wildman–Crippen LogP) is 1.75. The first-order valence-corrected chi connectivity index (χ1v) is 7.49. The normalized spacial score (nSPS) is 20.5. The van der Waals surface area contributed by atoms with Gasteiger partial charge in [-0.3, -0.25) is 4.79 Å². The number of thioether (sulfide) groups is 1. The Bertz CT molecular complexity index is 198. The van der Waals surface area contributed by atoms with E-state index in [0.717, 1.165) is 24.0 Å². The maximum Gasteiger partial charge on any atom is 0.223 e. The number of amides is 1. The Labute approximate surface area is 104 Å². The molecule has 1 unspecified atom stereocenters. The van der Waals surface area contributed by atoms with Crippen LogP contribution in [0.25, 0.3) is 0 Å². The fraction of sp³-hybridized carbons (Fsp3) is 0.900. The van der Waals surface area contributed by atoms with E-state index in [9.17, 15) is 4.79 Å². The molecule has 3 nitrogen and oxygen atoms in total. The molecule has 1 aliphatic heterocycles. The van der Waals surface area contributed by atoms with Crippen molar-refractivity contribution in [2.24, 2.45) is 0 Å². The molecule has 5 heteroatoms. The van der Waals surface area contributed by atoms with Gasteiger partial charge in [-0.2, -0.15) is 11.8 Å². The lowest BCUT2D eigenvalue weighted by molar-refractivity contribution is -0.133. The van der Waals surface area contributed by atoms with Crippen LogP contribution in [0.5, 0.6) is 0 Å². The van der Waals surface area contributed by atoms with Crippen molar-refractivity contribution in [3.63, 3.8) is 0 Å². The number of carbonyl (C=O) groups excluding carboxylic acids is 1. The van der Waals surface area contributed by atoms with Crippen LogP contribution in [0.4, 0.5) is 0 Å². The van der Waals surface area contributed by atoms with Crippen LogP contribution in [0.1, 0.15) is 12.8 Å². The standard InChI is InChI=1S/C10H18BrNO2S/c1-14-6-5-12(10(13)2-4-11)9-3-7-15-8-9/h9H,2-8H2,1H3. The van der Waals surface area contributed by atoms with E-state index in [0.29, 0.717) is 19.1 Å². The van der Waals surface area contributed by atoms with Gasteiger partial charge in [-0.05, 0) is 12.2 Å². The van der Waals surface area contributed by atoms with E-state index in [1.54, 1.807) is 7.11 Å². The van der Waals surface area contributed by atoms with Gasteiger partial charge < -0.3 is 9.64 Å². The highest BCUT2D eigenvalue weighted by atomic mass is 79.9. The predicted molar refractivity (Wildman–Crippen MR) is 67.7 cm³/mol. The maximum absolute atomic E-state index is 11.9. The molecule has 15 heavy (non-hydrogen) atoms. The van der Waals surface area contributed by atoms with Crippen LogP contribution in [0, 0.1) is 0 Å². The Hall–Kier alpha value is 0.260. The van der Waals surface area contributed by atoms with Gasteiger partial charge in [-0.15, -0.1) is 0 Å². The van der Waals surface area contributed by atoms with Crippen LogP contribution in [-0.2, 0) is 9.53 Å². The van der Waals surface area contributed by atoms with Gasteiger partial charge in [0, 0.05) is 37.2 Å². The summed E-state index contributed by atoms with van der Waals surface area (Å²) in [5.41, 5.74) is 0. The molecule has 0 N–H and O–H groups in total. The Balaban J connectivity index is 2.46. The molecular formula is C10H18BrNO2S. The second kappa shape index (κ2) is 7.52. The van der Waals surface area contributed by atoms with E-state index >= 15 is 0 Å². The van der Waals surface area contributed by atoms with Crippen LogP contribution >= 0.6 is 27.7 Å². The summed E-state index contributed by atoms with van der Waals surface area (Å²) < 4.78 is 5.05. The Morgan fingerprint density at radius 3 is 3.00 bits per heavy atom. The number of alkyl halides is 1. The van der Waals surface area contributed by atoms with Gasteiger partial charge in [-0.25, -0.2) is 0 Å². The SMILES string of the molecule is COCCN(C(=O)CCBr)C1CCSC1. The van der Waals surface area contributed by atoms with Crippen LogP contribution < -0.4 is 0 Å². The largest absolute Gasteiger partial charge is 0.383 e. The third-order valence-electron chi connectivity index (χ3n) is 2.51. The summed E-state index contributed by atoms with van der Waals surface area (Å²) in [5, 5.41) is 0.745. The number of carbonyl (C=O) groups is 1. The van der Waals surface area contributed by atoms with Crippen molar-refractivity contribution in [2.45, 2.75) is 18.9 Å². The van der Waals surface area contributed by atoms with Gasteiger partial charge in [-0.1, -0.05) is 15.9 Å². The zero-order chi connectivity index (χ0) is 11.1. The molecule has 0 aromatic heterocycles. The van der Waals surface area contributed by atoms with Crippen molar-refractivity contribution in [3.8, 4) is 0 Å². The average molecular weight is 296 g/mol. The summed E-state index contributed by atoms with van der Waals surface area (Å²) >= 11 is 5.24. The molecule has 88 valence electrons. The highest BCUT2D eigenvalue weighted by Gasteiger charge is 2.25. The minimum Gasteiger partial charge on any atom is -0.383 e. The van der Waals surface area contributed by atoms with Gasteiger partial charge in [0.1, 0.15) is 0 Å². The molecule has 0 aromatic rings. The summed E-state index contributed by atoms with van der Waals surface area (Å²) in [5.74, 6) is 2.50. The topological polar surface area (TPSA) is 29.5 Å². The third kappa shape index (κ3) is 4.33. The number of rotatable bonds is 6. The molecule has 1 saturated heterocycles. The molecule has 1 amide bonds. The number of methoxy groups -OCH3 is 1. The molecule has 0 aromatic carbocycles. The number of hydrogen-bond donors (Lipinski definition) is 0. The fourth-order valence-electron chi connectivity index (χ4n) is 1.69. The van der Waals surface area contributed by atoms with Crippen LogP contribution in [0.2, 0.25) is 0 Å². The van der Waals surface area contributed by atoms with E-state index in [4.69, 9.17) is 4.74 Å². The van der Waals surface area contributed by atoms with Crippen molar-refractivity contribution < 1.29 is 9.53 Å². The Morgan fingerprint density at radius 2 is 2.47 bits per heavy atom. The molecular weight excluding hydrogens is 278 g/mol. The molecule has 0 bridgehead atoms. The summed E-state index contributed by atoms with van der Waals surface area (Å²) in [4.78, 5) is 13.9. The average Bonchev–Trinajstić information content (AvgIpc) is 2.72. The van der Waals surface area contributed by atoms with Crippen molar-refractivity contribution >= 4 is 33.6 Å². The number of ether oxygens (including phenoxy) is 1. The van der Waals surface area contributed by atoms with Crippen molar-refractivity contribution in [1.29, 1.82) is 0 Å². The van der Waals surface area contributed by atoms with E-state index in [1.165, 1.54) is 5.75 Å². The molecule has 0 aliphatic carbocycles. The minimum absolute atomic E-state index is 0.247. The second-order valence-corrected chi connectivity index (χ2v) is 5.48. The lowest BCUT2D eigenvalue weighted by Gasteiger charge is -2.28. The number of nitrogens with zero attached hydrogens (tertiary/aromatic N) is 1. The molecule has 1 atom stereocenters. The van der Waals surface area contributed by atoms with Crippen molar-refractivity contribution in [2.75, 3.05) is 37.1 Å². The fourth-order valence-corrected chi connectivity index (χ4v) is 3.26. The van der Waals surface area contributed by atoms with Crippen LogP contribution in [0.3, 0.4) is 0 Å². The van der Waals surface area contributed by atoms with E-state index in [1.807, 2.05) is 16.7 Å². The Kier molecular flexibility index (Phi) is 6.68.